The van der Waals surface area contributed by atoms with Crippen LogP contribution in [-0.4, -0.2) is 62.6 Å². The average Bonchev–Trinajstić information content (AvgIpc) is 3.02. The van der Waals surface area contributed by atoms with Crippen LogP contribution in [0.5, 0.6) is 0 Å². The van der Waals surface area contributed by atoms with Crippen molar-refractivity contribution in [1.82, 2.24) is 24.5 Å². The largest absolute Gasteiger partial charge is 0.375 e. The maximum Gasteiger partial charge on any atom is 0.191 e. The van der Waals surface area contributed by atoms with Crippen LogP contribution in [-0.2, 0) is 4.74 Å². The Bertz CT molecular complexity index is 865. The van der Waals surface area contributed by atoms with Gasteiger partial charge in [-0.3, -0.25) is 4.90 Å². The first-order valence-corrected chi connectivity index (χ1v) is 9.32. The molecule has 0 spiro atoms. The molecule has 1 aliphatic rings. The van der Waals surface area contributed by atoms with Gasteiger partial charge in [0.05, 0.1) is 18.2 Å². The maximum atomic E-state index is 5.90. The van der Waals surface area contributed by atoms with E-state index < -0.39 is 0 Å². The Labute approximate surface area is 145 Å². The highest BCUT2D eigenvalue weighted by Gasteiger charge is 2.21. The standard InChI is InChI=1S/C17H21N5OS/c1-3-21-8-9-23-13(10-21)11-24-17-19-15-7-5-4-6-14(15)16-18-12(2)20-22(16)17/h4-7,13H,3,8-11H2,1-2H3. The smallest absolute Gasteiger partial charge is 0.191 e. The zero-order chi connectivity index (χ0) is 16.5. The van der Waals surface area contributed by atoms with Gasteiger partial charge in [0.25, 0.3) is 0 Å². The zero-order valence-electron chi connectivity index (χ0n) is 14.0. The van der Waals surface area contributed by atoms with Crippen LogP contribution < -0.4 is 0 Å². The molecule has 0 bridgehead atoms. The van der Waals surface area contributed by atoms with Gasteiger partial charge in [-0.2, -0.15) is 4.52 Å². The van der Waals surface area contributed by atoms with Crippen molar-refractivity contribution in [3.05, 3.63) is 30.1 Å². The van der Waals surface area contributed by atoms with Crippen LogP contribution in [0.25, 0.3) is 16.6 Å². The summed E-state index contributed by atoms with van der Waals surface area (Å²) >= 11 is 1.69. The lowest BCUT2D eigenvalue weighted by Crippen LogP contribution is -2.43. The number of morpholine rings is 1. The van der Waals surface area contributed by atoms with E-state index in [1.54, 1.807) is 11.8 Å². The molecule has 0 saturated carbocycles. The number of fused-ring (bicyclic) bond motifs is 3. The molecule has 1 fully saturated rings. The monoisotopic (exact) mass is 343 g/mol. The number of thioether (sulfide) groups is 1. The number of hydrogen-bond donors (Lipinski definition) is 0. The SMILES string of the molecule is CCN1CCOC(CSc2nc3ccccc3c3nc(C)nn23)C1. The minimum Gasteiger partial charge on any atom is -0.375 e. The third kappa shape index (κ3) is 2.99. The van der Waals surface area contributed by atoms with Crippen molar-refractivity contribution in [1.29, 1.82) is 0 Å². The number of aryl methyl sites for hydroxylation is 1. The Hall–Kier alpha value is -1.70. The Morgan fingerprint density at radius 1 is 1.29 bits per heavy atom. The van der Waals surface area contributed by atoms with Gasteiger partial charge in [-0.1, -0.05) is 30.8 Å². The fraction of sp³-hybridized carbons (Fsp3) is 0.471. The molecule has 1 aromatic carbocycles. The number of rotatable bonds is 4. The summed E-state index contributed by atoms with van der Waals surface area (Å²) < 4.78 is 7.76. The number of ether oxygens (including phenoxy) is 1. The fourth-order valence-electron chi connectivity index (χ4n) is 3.06. The summed E-state index contributed by atoms with van der Waals surface area (Å²) in [6.07, 6.45) is 0.233. The summed E-state index contributed by atoms with van der Waals surface area (Å²) in [5.41, 5.74) is 1.83. The number of likely N-dealkylation sites (N-methyl/N-ethyl adjacent to an activating group) is 1. The molecule has 2 aromatic heterocycles. The minimum absolute atomic E-state index is 0.233. The maximum absolute atomic E-state index is 5.90. The Kier molecular flexibility index (Phi) is 4.39. The molecule has 7 heteroatoms. The van der Waals surface area contributed by atoms with Crippen molar-refractivity contribution in [2.75, 3.05) is 32.0 Å². The van der Waals surface area contributed by atoms with E-state index >= 15 is 0 Å². The van der Waals surface area contributed by atoms with Crippen LogP contribution in [0.1, 0.15) is 12.7 Å². The molecule has 0 N–H and O–H groups in total. The van der Waals surface area contributed by atoms with Crippen LogP contribution in [0, 0.1) is 6.92 Å². The highest BCUT2D eigenvalue weighted by Crippen LogP contribution is 2.25. The molecule has 6 nitrogen and oxygen atoms in total. The van der Waals surface area contributed by atoms with E-state index in [1.165, 1.54) is 0 Å². The predicted molar refractivity (Wildman–Crippen MR) is 95.6 cm³/mol. The quantitative estimate of drug-likeness (QED) is 0.536. The van der Waals surface area contributed by atoms with Gasteiger partial charge in [0, 0.05) is 24.2 Å². The third-order valence-electron chi connectivity index (χ3n) is 4.32. The Morgan fingerprint density at radius 2 is 2.17 bits per heavy atom. The Morgan fingerprint density at radius 3 is 3.04 bits per heavy atom. The van der Waals surface area contributed by atoms with Crippen molar-refractivity contribution in [2.24, 2.45) is 0 Å². The summed E-state index contributed by atoms with van der Waals surface area (Å²) in [5.74, 6) is 1.64. The summed E-state index contributed by atoms with van der Waals surface area (Å²) in [6, 6.07) is 8.09. The highest BCUT2D eigenvalue weighted by molar-refractivity contribution is 7.99. The second-order valence-corrected chi connectivity index (χ2v) is 6.99. The first-order chi connectivity index (χ1) is 11.7. The van der Waals surface area contributed by atoms with Crippen molar-refractivity contribution in [3.8, 4) is 0 Å². The van der Waals surface area contributed by atoms with Gasteiger partial charge in [-0.15, -0.1) is 5.10 Å². The molecule has 1 unspecified atom stereocenters. The molecule has 126 valence electrons. The molecule has 1 aliphatic heterocycles. The number of aromatic nitrogens is 4. The lowest BCUT2D eigenvalue weighted by molar-refractivity contribution is -0.0137. The van der Waals surface area contributed by atoms with E-state index in [9.17, 15) is 0 Å². The number of nitrogens with zero attached hydrogens (tertiary/aromatic N) is 5. The van der Waals surface area contributed by atoms with Crippen molar-refractivity contribution in [3.63, 3.8) is 0 Å². The van der Waals surface area contributed by atoms with Gasteiger partial charge in [-0.05, 0) is 25.6 Å². The lowest BCUT2D eigenvalue weighted by atomic mass is 10.2. The normalized spacial score (nSPS) is 19.3. The number of hydrogen-bond acceptors (Lipinski definition) is 6. The summed E-state index contributed by atoms with van der Waals surface area (Å²) in [4.78, 5) is 11.8. The molecular weight excluding hydrogens is 322 g/mol. The van der Waals surface area contributed by atoms with E-state index in [2.05, 4.69) is 21.9 Å². The summed E-state index contributed by atoms with van der Waals surface area (Å²) in [6.45, 7) is 8.00. The van der Waals surface area contributed by atoms with Gasteiger partial charge < -0.3 is 4.74 Å². The summed E-state index contributed by atoms with van der Waals surface area (Å²) in [5, 5.41) is 6.44. The molecule has 4 rings (SSSR count). The van der Waals surface area contributed by atoms with Gasteiger partial charge in [0.1, 0.15) is 5.82 Å². The molecule has 1 saturated heterocycles. The summed E-state index contributed by atoms with van der Waals surface area (Å²) in [7, 11) is 0. The molecule has 0 amide bonds. The highest BCUT2D eigenvalue weighted by atomic mass is 32.2. The molecular formula is C17H21N5OS. The van der Waals surface area contributed by atoms with E-state index in [4.69, 9.17) is 9.72 Å². The molecule has 0 radical (unpaired) electrons. The van der Waals surface area contributed by atoms with Crippen molar-refractivity contribution in [2.45, 2.75) is 25.1 Å². The first kappa shape index (κ1) is 15.8. The number of para-hydroxylation sites is 1. The van der Waals surface area contributed by atoms with E-state index in [-0.39, 0.29) is 6.10 Å². The first-order valence-electron chi connectivity index (χ1n) is 8.33. The van der Waals surface area contributed by atoms with Crippen LogP contribution in [0.2, 0.25) is 0 Å². The molecule has 24 heavy (non-hydrogen) atoms. The Balaban J connectivity index is 1.63. The molecule has 1 atom stereocenters. The van der Waals surface area contributed by atoms with Gasteiger partial charge in [0.2, 0.25) is 0 Å². The molecule has 3 heterocycles. The predicted octanol–water partition coefficient (Wildman–Crippen LogP) is 2.40. The minimum atomic E-state index is 0.233. The molecule has 3 aromatic rings. The second-order valence-electron chi connectivity index (χ2n) is 6.00. The van der Waals surface area contributed by atoms with Gasteiger partial charge in [0.15, 0.2) is 10.8 Å². The van der Waals surface area contributed by atoms with Crippen LogP contribution in [0.15, 0.2) is 29.4 Å². The lowest BCUT2D eigenvalue weighted by Gasteiger charge is -2.31. The topological polar surface area (TPSA) is 55.5 Å². The van der Waals surface area contributed by atoms with Gasteiger partial charge in [-0.25, -0.2) is 9.97 Å². The third-order valence-corrected chi connectivity index (χ3v) is 5.38. The van der Waals surface area contributed by atoms with E-state index in [0.717, 1.165) is 59.5 Å². The van der Waals surface area contributed by atoms with Crippen molar-refractivity contribution < 1.29 is 4.74 Å². The van der Waals surface area contributed by atoms with Crippen LogP contribution in [0.4, 0.5) is 0 Å². The second kappa shape index (κ2) is 6.66. The number of benzene rings is 1. The molecule has 0 aliphatic carbocycles. The average molecular weight is 343 g/mol. The van der Waals surface area contributed by atoms with E-state index in [0.29, 0.717) is 0 Å². The van der Waals surface area contributed by atoms with Crippen LogP contribution >= 0.6 is 11.8 Å². The van der Waals surface area contributed by atoms with Crippen molar-refractivity contribution >= 4 is 28.3 Å². The van der Waals surface area contributed by atoms with E-state index in [1.807, 2.05) is 35.7 Å². The van der Waals surface area contributed by atoms with Gasteiger partial charge >= 0.3 is 0 Å². The zero-order valence-corrected chi connectivity index (χ0v) is 14.8. The fourth-order valence-corrected chi connectivity index (χ4v) is 4.01. The van der Waals surface area contributed by atoms with Crippen LogP contribution in [0.3, 0.4) is 0 Å².